The molecule has 0 N–H and O–H groups in total. The van der Waals surface area contributed by atoms with Gasteiger partial charge in [-0.15, -0.1) is 0 Å². The van der Waals surface area contributed by atoms with Gasteiger partial charge in [0, 0.05) is 6.42 Å². The van der Waals surface area contributed by atoms with Gasteiger partial charge in [0.15, 0.2) is 0 Å². The minimum absolute atomic E-state index is 0. The second-order valence-corrected chi connectivity index (χ2v) is 3.88. The first-order valence-electron chi connectivity index (χ1n) is 6.11. The van der Waals surface area contributed by atoms with Gasteiger partial charge >= 0.3 is 35.5 Å². The Hall–Kier alpha value is 0.210. The van der Waals surface area contributed by atoms with E-state index in [-0.39, 0.29) is 35.5 Å². The third kappa shape index (κ3) is 14.2. The van der Waals surface area contributed by atoms with Crippen molar-refractivity contribution in [1.82, 2.24) is 0 Å². The molecule has 2 nitrogen and oxygen atoms in total. The first-order valence-corrected chi connectivity index (χ1v) is 6.11. The predicted octanol–water partition coefficient (Wildman–Crippen LogP) is 3.56. The molecule has 0 rings (SSSR count). The minimum atomic E-state index is -0.156. The van der Waals surface area contributed by atoms with Gasteiger partial charge in [-0.2, -0.15) is 0 Å². The second kappa shape index (κ2) is 15.2. The first-order chi connectivity index (χ1) is 7.31. The maximum atomic E-state index is 10.9. The standard InChI is InChI=1S/C13H24O2.Na.H/c1-3-5-6-7-8-9-10-11-12-13(14)15-4-2;;/h4H,2-3,5-12H2,1H3;;. The molecule has 0 aliphatic heterocycles. The third-order valence-corrected chi connectivity index (χ3v) is 2.45. The van der Waals surface area contributed by atoms with E-state index in [1.54, 1.807) is 0 Å². The Labute approximate surface area is 122 Å². The van der Waals surface area contributed by atoms with Crippen molar-refractivity contribution in [3.63, 3.8) is 0 Å². The van der Waals surface area contributed by atoms with Gasteiger partial charge < -0.3 is 4.74 Å². The summed E-state index contributed by atoms with van der Waals surface area (Å²) >= 11 is 0. The quantitative estimate of drug-likeness (QED) is 0.251. The Bertz CT molecular complexity index is 169. The zero-order valence-electron chi connectivity index (χ0n) is 9.96. The molecule has 0 aromatic heterocycles. The van der Waals surface area contributed by atoms with Crippen molar-refractivity contribution in [1.29, 1.82) is 0 Å². The Morgan fingerprint density at radius 1 is 1.06 bits per heavy atom. The van der Waals surface area contributed by atoms with Crippen LogP contribution in [0.1, 0.15) is 64.7 Å². The molecular weight excluding hydrogens is 211 g/mol. The summed E-state index contributed by atoms with van der Waals surface area (Å²) in [6.07, 6.45) is 11.7. The molecule has 0 aromatic carbocycles. The maximum absolute atomic E-state index is 10.9. The second-order valence-electron chi connectivity index (χ2n) is 3.88. The van der Waals surface area contributed by atoms with E-state index in [1.165, 1.54) is 44.8 Å². The average Bonchev–Trinajstić information content (AvgIpc) is 2.22. The molecule has 0 aliphatic carbocycles. The van der Waals surface area contributed by atoms with Gasteiger partial charge in [0.1, 0.15) is 0 Å². The molecule has 90 valence electrons. The fourth-order valence-corrected chi connectivity index (χ4v) is 1.56. The van der Waals surface area contributed by atoms with Crippen molar-refractivity contribution in [3.8, 4) is 0 Å². The molecule has 0 aliphatic rings. The fraction of sp³-hybridized carbons (Fsp3) is 0.769. The number of hydrogen-bond donors (Lipinski definition) is 0. The van der Waals surface area contributed by atoms with Gasteiger partial charge in [-0.1, -0.05) is 58.4 Å². The summed E-state index contributed by atoms with van der Waals surface area (Å²) in [4.78, 5) is 10.9. The molecule has 0 unspecified atom stereocenters. The summed E-state index contributed by atoms with van der Waals surface area (Å²) in [6, 6.07) is 0. The van der Waals surface area contributed by atoms with Crippen LogP contribution in [0.4, 0.5) is 0 Å². The monoisotopic (exact) mass is 236 g/mol. The van der Waals surface area contributed by atoms with Crippen molar-refractivity contribution >= 4 is 35.5 Å². The van der Waals surface area contributed by atoms with Crippen LogP contribution in [-0.2, 0) is 9.53 Å². The number of esters is 1. The van der Waals surface area contributed by atoms with Crippen LogP contribution in [0.2, 0.25) is 0 Å². The molecule has 0 spiro atoms. The van der Waals surface area contributed by atoms with Crippen LogP contribution in [0, 0.1) is 0 Å². The normalized spacial score (nSPS) is 9.31. The molecule has 0 saturated heterocycles. The van der Waals surface area contributed by atoms with Crippen LogP contribution in [0.15, 0.2) is 12.8 Å². The van der Waals surface area contributed by atoms with Crippen molar-refractivity contribution in [2.75, 3.05) is 0 Å². The van der Waals surface area contributed by atoms with Crippen molar-refractivity contribution in [2.24, 2.45) is 0 Å². The summed E-state index contributed by atoms with van der Waals surface area (Å²) in [7, 11) is 0. The molecule has 0 bridgehead atoms. The molecule has 0 aromatic rings. The van der Waals surface area contributed by atoms with Crippen LogP contribution < -0.4 is 0 Å². The van der Waals surface area contributed by atoms with E-state index in [1.807, 2.05) is 0 Å². The Morgan fingerprint density at radius 3 is 2.06 bits per heavy atom. The van der Waals surface area contributed by atoms with E-state index in [4.69, 9.17) is 0 Å². The van der Waals surface area contributed by atoms with Gasteiger partial charge in [-0.05, 0) is 6.42 Å². The summed E-state index contributed by atoms with van der Waals surface area (Å²) in [5.41, 5.74) is 0. The average molecular weight is 236 g/mol. The molecule has 0 fully saturated rings. The SMILES string of the molecule is C=COC(=O)CCCCCCCCCC.[NaH]. The zero-order chi connectivity index (χ0) is 11.4. The Kier molecular flexibility index (Phi) is 17.7. The van der Waals surface area contributed by atoms with E-state index in [0.29, 0.717) is 6.42 Å². The Balaban J connectivity index is 0. The number of ether oxygens (including phenoxy) is 1. The summed E-state index contributed by atoms with van der Waals surface area (Å²) in [5.74, 6) is -0.156. The van der Waals surface area contributed by atoms with Gasteiger partial charge in [-0.3, -0.25) is 4.79 Å². The van der Waals surface area contributed by atoms with Gasteiger partial charge in [0.05, 0.1) is 6.26 Å². The van der Waals surface area contributed by atoms with Gasteiger partial charge in [-0.25, -0.2) is 0 Å². The van der Waals surface area contributed by atoms with E-state index < -0.39 is 0 Å². The van der Waals surface area contributed by atoms with E-state index in [9.17, 15) is 4.79 Å². The zero-order valence-corrected chi connectivity index (χ0v) is 9.96. The molecule has 0 heterocycles. The first kappa shape index (κ1) is 18.6. The molecule has 0 radical (unpaired) electrons. The van der Waals surface area contributed by atoms with Crippen molar-refractivity contribution in [2.45, 2.75) is 64.7 Å². The van der Waals surface area contributed by atoms with Crippen LogP contribution in [0.5, 0.6) is 0 Å². The van der Waals surface area contributed by atoms with Gasteiger partial charge in [0.2, 0.25) is 0 Å². The number of carbonyl (C=O) groups excluding carboxylic acids is 1. The third-order valence-electron chi connectivity index (χ3n) is 2.45. The summed E-state index contributed by atoms with van der Waals surface area (Å²) in [5, 5.41) is 0. The summed E-state index contributed by atoms with van der Waals surface area (Å²) in [6.45, 7) is 5.57. The van der Waals surface area contributed by atoms with Crippen LogP contribution in [0.3, 0.4) is 0 Å². The van der Waals surface area contributed by atoms with Crippen LogP contribution in [0.25, 0.3) is 0 Å². The van der Waals surface area contributed by atoms with Crippen molar-refractivity contribution in [3.05, 3.63) is 12.8 Å². The fourth-order valence-electron chi connectivity index (χ4n) is 1.56. The van der Waals surface area contributed by atoms with Gasteiger partial charge in [0.25, 0.3) is 0 Å². The summed E-state index contributed by atoms with van der Waals surface area (Å²) < 4.78 is 4.63. The molecule has 16 heavy (non-hydrogen) atoms. The molecule has 0 atom stereocenters. The van der Waals surface area contributed by atoms with E-state index >= 15 is 0 Å². The molecule has 0 saturated carbocycles. The van der Waals surface area contributed by atoms with E-state index in [0.717, 1.165) is 12.8 Å². The molecule has 0 amide bonds. The number of rotatable bonds is 10. The predicted molar refractivity (Wildman–Crippen MR) is 70.7 cm³/mol. The number of unbranched alkanes of at least 4 members (excludes halogenated alkanes) is 7. The van der Waals surface area contributed by atoms with E-state index in [2.05, 4.69) is 18.2 Å². The number of carbonyl (C=O) groups is 1. The number of hydrogen-bond acceptors (Lipinski definition) is 2. The van der Waals surface area contributed by atoms with Crippen LogP contribution >= 0.6 is 0 Å². The Morgan fingerprint density at radius 2 is 1.56 bits per heavy atom. The molecular formula is C13H25NaO2. The van der Waals surface area contributed by atoms with Crippen molar-refractivity contribution < 1.29 is 9.53 Å². The van der Waals surface area contributed by atoms with Crippen LogP contribution in [-0.4, -0.2) is 35.5 Å². The topological polar surface area (TPSA) is 26.3 Å². The molecule has 3 heteroatoms.